The van der Waals surface area contributed by atoms with Crippen LogP contribution in [0.15, 0.2) is 24.5 Å². The number of H-pyrrole nitrogens is 1. The number of pyridine rings is 1. The van der Waals surface area contributed by atoms with Crippen LogP contribution in [0.5, 0.6) is 6.01 Å². The lowest BCUT2D eigenvalue weighted by atomic mass is 9.71. The smallest absolute Gasteiger partial charge is 0.327 e. The van der Waals surface area contributed by atoms with E-state index in [0.717, 1.165) is 35.4 Å². The van der Waals surface area contributed by atoms with E-state index in [1.807, 2.05) is 17.3 Å². The monoisotopic (exact) mass is 427 g/mol. The number of amides is 2. The number of hydrogen-bond acceptors (Lipinski definition) is 7. The summed E-state index contributed by atoms with van der Waals surface area (Å²) >= 11 is 0.976. The molecule has 30 heavy (non-hydrogen) atoms. The van der Waals surface area contributed by atoms with Crippen LogP contribution in [0.3, 0.4) is 0 Å². The molecule has 158 valence electrons. The second-order valence-electron chi connectivity index (χ2n) is 9.05. The lowest BCUT2D eigenvalue weighted by molar-refractivity contribution is 0.184. The summed E-state index contributed by atoms with van der Waals surface area (Å²) in [6.07, 6.45) is 5.80. The Labute approximate surface area is 178 Å². The van der Waals surface area contributed by atoms with E-state index in [9.17, 15) is 9.90 Å². The van der Waals surface area contributed by atoms with Crippen molar-refractivity contribution in [2.75, 3.05) is 30.4 Å². The summed E-state index contributed by atoms with van der Waals surface area (Å²) in [7, 11) is 2.16. The maximum atomic E-state index is 12.7. The standard InChI is InChI=1S/C20H25N7O2S/c1-19-8-12(26(3)14-5-7-22-15-13(14)4-6-21-15)9-20(19,2)11-27(10-19)18(29)24-17-23-16(28)25-30-17/h4-7,12H,8-11H2,1-3H3,(H,21,22)(H2,23,24,25,28,29)/t12-,19+,20-. The fraction of sp³-hybridized carbons (Fsp3) is 0.500. The van der Waals surface area contributed by atoms with Crippen molar-refractivity contribution in [3.05, 3.63) is 24.5 Å². The van der Waals surface area contributed by atoms with Gasteiger partial charge in [-0.3, -0.25) is 5.32 Å². The Bertz CT molecular complexity index is 1090. The Balaban J connectivity index is 1.32. The molecule has 4 heterocycles. The first-order valence-electron chi connectivity index (χ1n) is 10.0. The van der Waals surface area contributed by atoms with Crippen molar-refractivity contribution in [3.8, 4) is 6.01 Å². The van der Waals surface area contributed by atoms with Gasteiger partial charge in [-0.2, -0.15) is 4.98 Å². The first-order valence-corrected chi connectivity index (χ1v) is 10.8. The SMILES string of the molecule is CN(c1ccnc2[nH]ccc12)[C@@H]1C[C@@]2(C)CN(C(=O)Nc3nc(O)ns3)C[C@@]2(C)C1. The van der Waals surface area contributed by atoms with Crippen molar-refractivity contribution in [1.29, 1.82) is 0 Å². The van der Waals surface area contributed by atoms with Crippen LogP contribution in [-0.4, -0.2) is 61.5 Å². The molecule has 10 heteroatoms. The number of fused-ring (bicyclic) bond motifs is 2. The van der Waals surface area contributed by atoms with E-state index in [2.05, 4.69) is 62.6 Å². The largest absolute Gasteiger partial charge is 0.478 e. The van der Waals surface area contributed by atoms with E-state index in [1.54, 1.807) is 0 Å². The number of carbonyl (C=O) groups is 1. The zero-order valence-electron chi connectivity index (χ0n) is 17.2. The molecule has 1 aliphatic heterocycles. The van der Waals surface area contributed by atoms with Crippen molar-refractivity contribution in [1.82, 2.24) is 24.2 Å². The van der Waals surface area contributed by atoms with Gasteiger partial charge in [-0.25, -0.2) is 9.78 Å². The van der Waals surface area contributed by atoms with Crippen LogP contribution in [0.4, 0.5) is 15.6 Å². The number of likely N-dealkylation sites (tertiary alicyclic amines) is 1. The molecule has 0 aromatic carbocycles. The molecule has 9 nitrogen and oxygen atoms in total. The minimum Gasteiger partial charge on any atom is -0.478 e. The Hall–Kier alpha value is -2.88. The van der Waals surface area contributed by atoms with Crippen LogP contribution >= 0.6 is 11.5 Å². The lowest BCUT2D eigenvalue weighted by Crippen LogP contribution is -2.38. The molecule has 3 aromatic heterocycles. The molecule has 0 unspecified atom stereocenters. The summed E-state index contributed by atoms with van der Waals surface area (Å²) in [6, 6.07) is 4.05. The van der Waals surface area contributed by atoms with Crippen LogP contribution in [0, 0.1) is 10.8 Å². The molecule has 3 aromatic rings. The van der Waals surface area contributed by atoms with Crippen LogP contribution in [0.25, 0.3) is 11.0 Å². The number of hydrogen-bond donors (Lipinski definition) is 3. The Kier molecular flexibility index (Phi) is 4.18. The maximum Gasteiger partial charge on any atom is 0.327 e. The number of aromatic hydroxyl groups is 1. The number of anilines is 2. The molecule has 1 saturated carbocycles. The number of aromatic amines is 1. The predicted molar refractivity (Wildman–Crippen MR) is 116 cm³/mol. The van der Waals surface area contributed by atoms with Gasteiger partial charge < -0.3 is 19.9 Å². The highest BCUT2D eigenvalue weighted by Crippen LogP contribution is 2.58. The minimum absolute atomic E-state index is 0.0246. The van der Waals surface area contributed by atoms with Crippen molar-refractivity contribution in [2.45, 2.75) is 32.7 Å². The summed E-state index contributed by atoms with van der Waals surface area (Å²) in [5, 5.41) is 13.5. The fourth-order valence-electron chi connectivity index (χ4n) is 5.32. The third kappa shape index (κ3) is 2.89. The molecule has 2 fully saturated rings. The molecule has 3 N–H and O–H groups in total. The van der Waals surface area contributed by atoms with E-state index >= 15 is 0 Å². The van der Waals surface area contributed by atoms with Gasteiger partial charge in [-0.15, -0.1) is 4.37 Å². The molecule has 1 aliphatic carbocycles. The topological polar surface area (TPSA) is 110 Å². The summed E-state index contributed by atoms with van der Waals surface area (Å²) < 4.78 is 3.70. The van der Waals surface area contributed by atoms with Gasteiger partial charge in [-0.05, 0) is 35.8 Å². The third-order valence-corrected chi connectivity index (χ3v) is 7.81. The maximum absolute atomic E-state index is 12.7. The summed E-state index contributed by atoms with van der Waals surface area (Å²) in [4.78, 5) is 28.4. The number of nitrogens with one attached hydrogen (secondary N) is 2. The van der Waals surface area contributed by atoms with Gasteiger partial charge in [0.2, 0.25) is 5.13 Å². The van der Waals surface area contributed by atoms with Crippen LogP contribution in [0.2, 0.25) is 0 Å². The molecule has 5 rings (SSSR count). The quantitative estimate of drug-likeness (QED) is 0.592. The van der Waals surface area contributed by atoms with Gasteiger partial charge in [0.15, 0.2) is 0 Å². The first-order chi connectivity index (χ1) is 14.3. The molecule has 2 amide bonds. The average molecular weight is 428 g/mol. The molecule has 0 radical (unpaired) electrons. The number of rotatable bonds is 3. The van der Waals surface area contributed by atoms with E-state index in [-0.39, 0.29) is 22.9 Å². The van der Waals surface area contributed by atoms with Crippen molar-refractivity contribution in [2.24, 2.45) is 10.8 Å². The van der Waals surface area contributed by atoms with Gasteiger partial charge in [-0.1, -0.05) is 13.8 Å². The molecule has 3 atom stereocenters. The second-order valence-corrected chi connectivity index (χ2v) is 9.80. The molecule has 2 aliphatic rings. The van der Waals surface area contributed by atoms with Crippen molar-refractivity contribution >= 4 is 39.4 Å². The van der Waals surface area contributed by atoms with E-state index in [1.165, 1.54) is 5.69 Å². The van der Waals surface area contributed by atoms with Crippen molar-refractivity contribution in [3.63, 3.8) is 0 Å². The predicted octanol–water partition coefficient (Wildman–Crippen LogP) is 3.28. The van der Waals surface area contributed by atoms with Crippen LogP contribution in [-0.2, 0) is 0 Å². The van der Waals surface area contributed by atoms with E-state index < -0.39 is 0 Å². The molecule has 1 saturated heterocycles. The Morgan fingerprint density at radius 1 is 1.33 bits per heavy atom. The summed E-state index contributed by atoms with van der Waals surface area (Å²) in [5.41, 5.74) is 2.14. The van der Waals surface area contributed by atoms with Crippen LogP contribution < -0.4 is 10.2 Å². The summed E-state index contributed by atoms with van der Waals surface area (Å²) in [5.74, 6) is 0. The highest BCUT2D eigenvalue weighted by molar-refractivity contribution is 7.10. The fourth-order valence-corrected chi connectivity index (χ4v) is 5.78. The number of nitrogens with zero attached hydrogens (tertiary/aromatic N) is 5. The first kappa shape index (κ1) is 19.1. The Morgan fingerprint density at radius 3 is 2.73 bits per heavy atom. The molecule has 0 bridgehead atoms. The Morgan fingerprint density at radius 2 is 2.07 bits per heavy atom. The van der Waals surface area contributed by atoms with Gasteiger partial charge in [0.1, 0.15) is 5.65 Å². The van der Waals surface area contributed by atoms with E-state index in [0.29, 0.717) is 24.3 Å². The van der Waals surface area contributed by atoms with Gasteiger partial charge in [0.25, 0.3) is 0 Å². The normalized spacial score (nSPS) is 28.1. The number of aromatic nitrogens is 4. The molecular weight excluding hydrogens is 402 g/mol. The van der Waals surface area contributed by atoms with Crippen LogP contribution in [0.1, 0.15) is 26.7 Å². The number of carbonyl (C=O) groups excluding carboxylic acids is 1. The zero-order valence-corrected chi connectivity index (χ0v) is 18.0. The second kappa shape index (κ2) is 6.56. The van der Waals surface area contributed by atoms with Gasteiger partial charge in [0.05, 0.1) is 0 Å². The van der Waals surface area contributed by atoms with Gasteiger partial charge >= 0.3 is 12.0 Å². The third-order valence-electron chi connectivity index (χ3n) is 7.19. The highest BCUT2D eigenvalue weighted by atomic mass is 32.1. The minimum atomic E-state index is -0.314. The number of urea groups is 1. The lowest BCUT2D eigenvalue weighted by Gasteiger charge is -2.31. The van der Waals surface area contributed by atoms with Crippen molar-refractivity contribution < 1.29 is 9.90 Å². The zero-order chi connectivity index (χ0) is 21.1. The average Bonchev–Trinajstić information content (AvgIpc) is 3.42. The molecule has 0 spiro atoms. The van der Waals surface area contributed by atoms with Gasteiger partial charge in [0, 0.05) is 61.2 Å². The highest BCUT2D eigenvalue weighted by Gasteiger charge is 2.59. The molecular formula is C20H25N7O2S. The summed E-state index contributed by atoms with van der Waals surface area (Å²) in [6.45, 7) is 5.98. The van der Waals surface area contributed by atoms with E-state index in [4.69, 9.17) is 0 Å².